The molecule has 3 N–H and O–H groups in total. The van der Waals surface area contributed by atoms with Crippen molar-refractivity contribution < 1.29 is 10.2 Å². The lowest BCUT2D eigenvalue weighted by Crippen LogP contribution is -2.18. The first kappa shape index (κ1) is 13.7. The standard InChI is InChI=1S/C15H16ClNO2/c1-10(13-4-2-3-5-14(13)16)17-9-11-6-7-12(18)8-15(11)19/h2-8,10,17-19H,9H2,1H3/t10-/m0/s1. The number of rotatable bonds is 4. The molecule has 4 heteroatoms. The molecule has 0 fully saturated rings. The monoisotopic (exact) mass is 277 g/mol. The van der Waals surface area contributed by atoms with Crippen molar-refractivity contribution in [1.29, 1.82) is 0 Å². The number of benzene rings is 2. The number of halogens is 1. The van der Waals surface area contributed by atoms with Crippen LogP contribution in [0.3, 0.4) is 0 Å². The minimum absolute atomic E-state index is 0.0559. The molecule has 0 aliphatic carbocycles. The van der Waals surface area contributed by atoms with E-state index in [0.29, 0.717) is 6.54 Å². The lowest BCUT2D eigenvalue weighted by molar-refractivity contribution is 0.441. The Morgan fingerprint density at radius 1 is 1.16 bits per heavy atom. The molecule has 19 heavy (non-hydrogen) atoms. The van der Waals surface area contributed by atoms with Crippen LogP contribution in [0, 0.1) is 0 Å². The van der Waals surface area contributed by atoms with Gasteiger partial charge < -0.3 is 15.5 Å². The van der Waals surface area contributed by atoms with Gasteiger partial charge in [0.2, 0.25) is 0 Å². The molecule has 0 unspecified atom stereocenters. The van der Waals surface area contributed by atoms with Crippen molar-refractivity contribution in [2.24, 2.45) is 0 Å². The summed E-state index contributed by atoms with van der Waals surface area (Å²) >= 11 is 6.13. The molecule has 2 aromatic rings. The van der Waals surface area contributed by atoms with E-state index in [4.69, 9.17) is 11.6 Å². The second kappa shape index (κ2) is 5.95. The summed E-state index contributed by atoms with van der Waals surface area (Å²) in [5.41, 5.74) is 1.75. The van der Waals surface area contributed by atoms with Gasteiger partial charge in [0.1, 0.15) is 11.5 Å². The Labute approximate surface area is 117 Å². The highest BCUT2D eigenvalue weighted by molar-refractivity contribution is 6.31. The Morgan fingerprint density at radius 2 is 1.89 bits per heavy atom. The van der Waals surface area contributed by atoms with Crippen LogP contribution in [0.5, 0.6) is 11.5 Å². The van der Waals surface area contributed by atoms with Crippen LogP contribution in [0.25, 0.3) is 0 Å². The normalized spacial score (nSPS) is 12.3. The van der Waals surface area contributed by atoms with Crippen LogP contribution in [-0.4, -0.2) is 10.2 Å². The fourth-order valence-corrected chi connectivity index (χ4v) is 2.20. The quantitative estimate of drug-likeness (QED) is 0.800. The molecule has 2 aromatic carbocycles. The van der Waals surface area contributed by atoms with Crippen LogP contribution in [0.2, 0.25) is 5.02 Å². The van der Waals surface area contributed by atoms with E-state index in [2.05, 4.69) is 5.32 Å². The van der Waals surface area contributed by atoms with Gasteiger partial charge in [-0.2, -0.15) is 0 Å². The van der Waals surface area contributed by atoms with Crippen LogP contribution < -0.4 is 5.32 Å². The van der Waals surface area contributed by atoms with Gasteiger partial charge in [0, 0.05) is 29.2 Å². The van der Waals surface area contributed by atoms with Gasteiger partial charge in [-0.15, -0.1) is 0 Å². The summed E-state index contributed by atoms with van der Waals surface area (Å²) in [7, 11) is 0. The largest absolute Gasteiger partial charge is 0.508 e. The van der Waals surface area contributed by atoms with E-state index in [0.717, 1.165) is 16.1 Å². The zero-order chi connectivity index (χ0) is 13.8. The number of phenols is 2. The number of hydrogen-bond donors (Lipinski definition) is 3. The van der Waals surface area contributed by atoms with Gasteiger partial charge in [0.25, 0.3) is 0 Å². The first-order chi connectivity index (χ1) is 9.08. The van der Waals surface area contributed by atoms with Gasteiger partial charge in [-0.25, -0.2) is 0 Å². The maximum atomic E-state index is 9.70. The molecule has 0 bridgehead atoms. The predicted octanol–water partition coefficient (Wildman–Crippen LogP) is 3.60. The third-order valence-electron chi connectivity index (χ3n) is 3.04. The molecule has 0 aliphatic rings. The van der Waals surface area contributed by atoms with Gasteiger partial charge in [0.15, 0.2) is 0 Å². The summed E-state index contributed by atoms with van der Waals surface area (Å²) < 4.78 is 0. The predicted molar refractivity (Wildman–Crippen MR) is 76.5 cm³/mol. The van der Waals surface area contributed by atoms with Crippen LogP contribution in [0.4, 0.5) is 0 Å². The van der Waals surface area contributed by atoms with Gasteiger partial charge in [0.05, 0.1) is 0 Å². The summed E-state index contributed by atoms with van der Waals surface area (Å²) in [6, 6.07) is 12.3. The topological polar surface area (TPSA) is 52.5 Å². The van der Waals surface area contributed by atoms with Crippen LogP contribution >= 0.6 is 11.6 Å². The molecule has 2 rings (SSSR count). The molecule has 1 atom stereocenters. The summed E-state index contributed by atoms with van der Waals surface area (Å²) in [4.78, 5) is 0. The fourth-order valence-electron chi connectivity index (χ4n) is 1.90. The van der Waals surface area contributed by atoms with Gasteiger partial charge >= 0.3 is 0 Å². The lowest BCUT2D eigenvalue weighted by atomic mass is 10.1. The van der Waals surface area contributed by atoms with E-state index in [9.17, 15) is 10.2 Å². The Balaban J connectivity index is 2.04. The average molecular weight is 278 g/mol. The average Bonchev–Trinajstić information content (AvgIpc) is 2.38. The molecule has 3 nitrogen and oxygen atoms in total. The van der Waals surface area contributed by atoms with Gasteiger partial charge in [-0.1, -0.05) is 35.9 Å². The van der Waals surface area contributed by atoms with Crippen LogP contribution in [0.15, 0.2) is 42.5 Å². The Bertz CT molecular complexity index is 572. The van der Waals surface area contributed by atoms with Gasteiger partial charge in [-0.05, 0) is 24.6 Å². The smallest absolute Gasteiger partial charge is 0.123 e. The van der Waals surface area contributed by atoms with Crippen molar-refractivity contribution in [2.45, 2.75) is 19.5 Å². The van der Waals surface area contributed by atoms with E-state index in [-0.39, 0.29) is 17.5 Å². The number of phenolic OH excluding ortho intramolecular Hbond substituents is 2. The van der Waals surface area contributed by atoms with E-state index in [1.165, 1.54) is 6.07 Å². The summed E-state index contributed by atoms with van der Waals surface area (Å²) in [5, 5.41) is 22.9. The van der Waals surface area contributed by atoms with Crippen molar-refractivity contribution in [3.8, 4) is 11.5 Å². The first-order valence-corrected chi connectivity index (χ1v) is 6.44. The molecule has 0 aromatic heterocycles. The van der Waals surface area contributed by atoms with Crippen molar-refractivity contribution in [3.05, 3.63) is 58.6 Å². The fraction of sp³-hybridized carbons (Fsp3) is 0.200. The molecule has 0 spiro atoms. The Morgan fingerprint density at radius 3 is 2.58 bits per heavy atom. The van der Waals surface area contributed by atoms with Crippen molar-refractivity contribution in [2.75, 3.05) is 0 Å². The van der Waals surface area contributed by atoms with Gasteiger partial charge in [-0.3, -0.25) is 0 Å². The molecule has 100 valence electrons. The molecule has 0 amide bonds. The second-order valence-corrected chi connectivity index (χ2v) is 4.84. The molecule has 0 heterocycles. The van der Waals surface area contributed by atoms with Crippen LogP contribution in [-0.2, 0) is 6.54 Å². The Hall–Kier alpha value is -1.71. The molecule has 0 radical (unpaired) electrons. The van der Waals surface area contributed by atoms with E-state index < -0.39 is 0 Å². The molecular weight excluding hydrogens is 262 g/mol. The maximum absolute atomic E-state index is 9.70. The highest BCUT2D eigenvalue weighted by Gasteiger charge is 2.09. The summed E-state index contributed by atoms with van der Waals surface area (Å²) in [5.74, 6) is 0.138. The third kappa shape index (κ3) is 3.40. The highest BCUT2D eigenvalue weighted by Crippen LogP contribution is 2.25. The van der Waals surface area contributed by atoms with E-state index in [1.54, 1.807) is 12.1 Å². The number of nitrogens with one attached hydrogen (secondary N) is 1. The first-order valence-electron chi connectivity index (χ1n) is 6.06. The van der Waals surface area contributed by atoms with E-state index >= 15 is 0 Å². The Kier molecular flexibility index (Phi) is 4.30. The van der Waals surface area contributed by atoms with Crippen LogP contribution in [0.1, 0.15) is 24.1 Å². The minimum atomic E-state index is 0.0559. The van der Waals surface area contributed by atoms with Crippen molar-refractivity contribution >= 4 is 11.6 Å². The SMILES string of the molecule is C[C@H](NCc1ccc(O)cc1O)c1ccccc1Cl. The minimum Gasteiger partial charge on any atom is -0.508 e. The zero-order valence-electron chi connectivity index (χ0n) is 10.6. The summed E-state index contributed by atoms with van der Waals surface area (Å²) in [6.07, 6.45) is 0. The summed E-state index contributed by atoms with van der Waals surface area (Å²) in [6.45, 7) is 2.51. The number of hydrogen-bond acceptors (Lipinski definition) is 3. The lowest BCUT2D eigenvalue weighted by Gasteiger charge is -2.16. The van der Waals surface area contributed by atoms with E-state index in [1.807, 2.05) is 31.2 Å². The zero-order valence-corrected chi connectivity index (χ0v) is 11.4. The molecule has 0 aliphatic heterocycles. The molecule has 0 saturated heterocycles. The highest BCUT2D eigenvalue weighted by atomic mass is 35.5. The van der Waals surface area contributed by atoms with Crippen molar-refractivity contribution in [1.82, 2.24) is 5.32 Å². The molecular formula is C15H16ClNO2. The third-order valence-corrected chi connectivity index (χ3v) is 3.38. The number of aromatic hydroxyl groups is 2. The second-order valence-electron chi connectivity index (χ2n) is 4.44. The van der Waals surface area contributed by atoms with Crippen molar-refractivity contribution in [3.63, 3.8) is 0 Å². The molecule has 0 saturated carbocycles. The maximum Gasteiger partial charge on any atom is 0.123 e.